The van der Waals surface area contributed by atoms with Gasteiger partial charge in [0, 0.05) is 12.6 Å². The van der Waals surface area contributed by atoms with Gasteiger partial charge in [-0.2, -0.15) is 0 Å². The Labute approximate surface area is 96.4 Å². The molecule has 0 saturated carbocycles. The van der Waals surface area contributed by atoms with Crippen LogP contribution in [0.2, 0.25) is 0 Å². The molecule has 2 unspecified atom stereocenters. The second-order valence-electron chi connectivity index (χ2n) is 4.75. The Balaban J connectivity index is 3.74. The van der Waals surface area contributed by atoms with Crippen LogP contribution in [0.1, 0.15) is 46.5 Å². The molecule has 0 fully saturated rings. The topological polar surface area (TPSA) is 15.3 Å². The van der Waals surface area contributed by atoms with Crippen molar-refractivity contribution in [3.8, 4) is 0 Å². The highest BCUT2D eigenvalue weighted by molar-refractivity contribution is 4.74. The van der Waals surface area contributed by atoms with E-state index in [-0.39, 0.29) is 0 Å². The number of hydrogen-bond donors (Lipinski definition) is 1. The van der Waals surface area contributed by atoms with E-state index in [9.17, 15) is 0 Å². The highest BCUT2D eigenvalue weighted by Gasteiger charge is 2.15. The third-order valence-corrected chi connectivity index (χ3v) is 3.35. The van der Waals surface area contributed by atoms with Gasteiger partial charge in [-0.3, -0.25) is 0 Å². The zero-order valence-corrected chi connectivity index (χ0v) is 11.3. The normalized spacial score (nSPS) is 15.6. The number of rotatable bonds is 9. The molecule has 2 nitrogen and oxygen atoms in total. The molecular weight excluding hydrogens is 184 g/mol. The molecule has 0 aliphatic heterocycles. The van der Waals surface area contributed by atoms with Crippen molar-refractivity contribution in [2.24, 2.45) is 5.92 Å². The third-order valence-electron chi connectivity index (χ3n) is 3.35. The Morgan fingerprint density at radius 3 is 2.33 bits per heavy atom. The summed E-state index contributed by atoms with van der Waals surface area (Å²) >= 11 is 0. The van der Waals surface area contributed by atoms with Crippen LogP contribution in [0, 0.1) is 5.92 Å². The lowest BCUT2D eigenvalue weighted by Crippen LogP contribution is -2.42. The molecule has 0 heterocycles. The smallest absolute Gasteiger partial charge is 0.0217 e. The molecule has 0 radical (unpaired) electrons. The van der Waals surface area contributed by atoms with Crippen molar-refractivity contribution >= 4 is 0 Å². The molecular formula is C13H30N2. The molecule has 0 bridgehead atoms. The van der Waals surface area contributed by atoms with Gasteiger partial charge in [0.25, 0.3) is 0 Å². The number of nitrogens with one attached hydrogen (secondary N) is 1. The number of nitrogens with zero attached hydrogens (tertiary/aromatic N) is 1. The molecule has 0 saturated heterocycles. The molecule has 1 N–H and O–H groups in total. The van der Waals surface area contributed by atoms with Crippen molar-refractivity contribution in [2.45, 2.75) is 52.5 Å². The Bertz CT molecular complexity index is 136. The van der Waals surface area contributed by atoms with E-state index < -0.39 is 0 Å². The summed E-state index contributed by atoms with van der Waals surface area (Å²) in [5.41, 5.74) is 0. The van der Waals surface area contributed by atoms with Crippen LogP contribution < -0.4 is 5.32 Å². The van der Waals surface area contributed by atoms with Crippen molar-refractivity contribution in [1.29, 1.82) is 0 Å². The second-order valence-corrected chi connectivity index (χ2v) is 4.75. The molecule has 0 aromatic carbocycles. The first kappa shape index (κ1) is 14.9. The first-order valence-electron chi connectivity index (χ1n) is 6.51. The molecule has 0 aliphatic rings. The molecule has 0 amide bonds. The summed E-state index contributed by atoms with van der Waals surface area (Å²) in [6.45, 7) is 9.28. The van der Waals surface area contributed by atoms with Crippen LogP contribution in [0.25, 0.3) is 0 Å². The molecule has 0 rings (SSSR count). The van der Waals surface area contributed by atoms with Gasteiger partial charge in [-0.1, -0.05) is 40.0 Å². The predicted octanol–water partition coefficient (Wildman–Crippen LogP) is 2.74. The van der Waals surface area contributed by atoms with E-state index in [0.29, 0.717) is 6.04 Å². The van der Waals surface area contributed by atoms with Crippen LogP contribution in [0.5, 0.6) is 0 Å². The first-order chi connectivity index (χ1) is 7.15. The summed E-state index contributed by atoms with van der Waals surface area (Å²) in [5.74, 6) is 0.767. The second kappa shape index (κ2) is 9.17. The molecule has 92 valence electrons. The van der Waals surface area contributed by atoms with Gasteiger partial charge in [0.2, 0.25) is 0 Å². The molecule has 0 aromatic rings. The molecule has 2 atom stereocenters. The molecule has 2 heteroatoms. The van der Waals surface area contributed by atoms with Crippen LogP contribution in [0.15, 0.2) is 0 Å². The van der Waals surface area contributed by atoms with Crippen molar-refractivity contribution < 1.29 is 0 Å². The van der Waals surface area contributed by atoms with E-state index in [0.717, 1.165) is 5.92 Å². The number of likely N-dealkylation sites (N-methyl/N-ethyl adjacent to an activating group) is 2. The molecule has 0 aliphatic carbocycles. The molecule has 15 heavy (non-hydrogen) atoms. The summed E-state index contributed by atoms with van der Waals surface area (Å²) in [4.78, 5) is 2.46. The Morgan fingerprint density at radius 1 is 1.20 bits per heavy atom. The zero-order chi connectivity index (χ0) is 11.7. The standard InChI is InChI=1S/C13H30N2/c1-6-8-9-10-15(5)11-13(14-4)12(3)7-2/h12-14H,6-11H2,1-5H3. The summed E-state index contributed by atoms with van der Waals surface area (Å²) in [6.07, 6.45) is 5.27. The first-order valence-corrected chi connectivity index (χ1v) is 6.51. The van der Waals surface area contributed by atoms with Crippen molar-refractivity contribution in [2.75, 3.05) is 27.2 Å². The van der Waals surface area contributed by atoms with Gasteiger partial charge in [0.15, 0.2) is 0 Å². The van der Waals surface area contributed by atoms with E-state index in [1.165, 1.54) is 38.8 Å². The zero-order valence-electron chi connectivity index (χ0n) is 11.3. The van der Waals surface area contributed by atoms with Crippen molar-refractivity contribution in [3.05, 3.63) is 0 Å². The monoisotopic (exact) mass is 214 g/mol. The maximum absolute atomic E-state index is 3.43. The maximum atomic E-state index is 3.43. The minimum Gasteiger partial charge on any atom is -0.315 e. The molecule has 0 aromatic heterocycles. The Kier molecular flexibility index (Phi) is 9.12. The summed E-state index contributed by atoms with van der Waals surface area (Å²) < 4.78 is 0. The fourth-order valence-corrected chi connectivity index (χ4v) is 1.90. The van der Waals surface area contributed by atoms with Crippen LogP contribution in [0.3, 0.4) is 0 Å². The summed E-state index contributed by atoms with van der Waals surface area (Å²) in [6, 6.07) is 0.640. The Hall–Kier alpha value is -0.0800. The summed E-state index contributed by atoms with van der Waals surface area (Å²) in [7, 11) is 4.32. The van der Waals surface area contributed by atoms with Gasteiger partial charge in [-0.05, 0) is 33.0 Å². The largest absolute Gasteiger partial charge is 0.315 e. The minimum absolute atomic E-state index is 0.640. The highest BCUT2D eigenvalue weighted by Crippen LogP contribution is 2.08. The fourth-order valence-electron chi connectivity index (χ4n) is 1.90. The van der Waals surface area contributed by atoms with Gasteiger partial charge in [0.1, 0.15) is 0 Å². The van der Waals surface area contributed by atoms with E-state index in [1.807, 2.05) is 0 Å². The van der Waals surface area contributed by atoms with Gasteiger partial charge in [-0.25, -0.2) is 0 Å². The van der Waals surface area contributed by atoms with Gasteiger partial charge in [0.05, 0.1) is 0 Å². The van der Waals surface area contributed by atoms with Crippen LogP contribution >= 0.6 is 0 Å². The lowest BCUT2D eigenvalue weighted by molar-refractivity contribution is 0.248. The lowest BCUT2D eigenvalue weighted by Gasteiger charge is -2.27. The van der Waals surface area contributed by atoms with Crippen LogP contribution in [-0.2, 0) is 0 Å². The van der Waals surface area contributed by atoms with Crippen LogP contribution in [-0.4, -0.2) is 38.1 Å². The van der Waals surface area contributed by atoms with Gasteiger partial charge in [-0.15, -0.1) is 0 Å². The van der Waals surface area contributed by atoms with E-state index in [1.54, 1.807) is 0 Å². The number of hydrogen-bond acceptors (Lipinski definition) is 2. The fraction of sp³-hybridized carbons (Fsp3) is 1.00. The van der Waals surface area contributed by atoms with E-state index >= 15 is 0 Å². The third kappa shape index (κ3) is 6.91. The number of unbranched alkanes of at least 4 members (excludes halogenated alkanes) is 2. The van der Waals surface area contributed by atoms with Gasteiger partial charge < -0.3 is 10.2 Å². The van der Waals surface area contributed by atoms with E-state index in [2.05, 4.69) is 45.1 Å². The van der Waals surface area contributed by atoms with Crippen molar-refractivity contribution in [3.63, 3.8) is 0 Å². The maximum Gasteiger partial charge on any atom is 0.0217 e. The SMILES string of the molecule is CCCCCN(C)CC(NC)C(C)CC. The lowest BCUT2D eigenvalue weighted by atomic mass is 9.99. The quantitative estimate of drug-likeness (QED) is 0.594. The van der Waals surface area contributed by atoms with Crippen LogP contribution in [0.4, 0.5) is 0 Å². The predicted molar refractivity (Wildman–Crippen MR) is 69.3 cm³/mol. The average Bonchev–Trinajstić information content (AvgIpc) is 2.25. The van der Waals surface area contributed by atoms with Crippen molar-refractivity contribution in [1.82, 2.24) is 10.2 Å². The average molecular weight is 214 g/mol. The summed E-state index contributed by atoms with van der Waals surface area (Å²) in [5, 5.41) is 3.43. The highest BCUT2D eigenvalue weighted by atomic mass is 15.1. The van der Waals surface area contributed by atoms with E-state index in [4.69, 9.17) is 0 Å². The molecule has 0 spiro atoms. The van der Waals surface area contributed by atoms with Gasteiger partial charge >= 0.3 is 0 Å². The minimum atomic E-state index is 0.640. The Morgan fingerprint density at radius 2 is 1.87 bits per heavy atom.